The van der Waals surface area contributed by atoms with E-state index in [1.807, 2.05) is 0 Å². The second-order valence-electron chi connectivity index (χ2n) is 5.03. The summed E-state index contributed by atoms with van der Waals surface area (Å²) in [6.07, 6.45) is 2.58. The van der Waals surface area contributed by atoms with Crippen molar-refractivity contribution in [1.82, 2.24) is 9.29 Å². The molecule has 0 bridgehead atoms. The van der Waals surface area contributed by atoms with Gasteiger partial charge in [-0.1, -0.05) is 11.6 Å². The van der Waals surface area contributed by atoms with Gasteiger partial charge in [0.1, 0.15) is 5.02 Å². The highest BCUT2D eigenvalue weighted by Crippen LogP contribution is 2.25. The number of primary amides is 1. The number of nitrogens with one attached hydrogen (secondary N) is 1. The van der Waals surface area contributed by atoms with Crippen LogP contribution in [-0.4, -0.2) is 36.7 Å². The summed E-state index contributed by atoms with van der Waals surface area (Å²) in [5, 5.41) is -0.167. The zero-order chi connectivity index (χ0) is 15.6. The number of pyridine rings is 1. The Morgan fingerprint density at radius 3 is 2.57 bits per heavy atom. The maximum absolute atomic E-state index is 12.4. The Balaban J connectivity index is 2.13. The van der Waals surface area contributed by atoms with Crippen molar-refractivity contribution in [3.05, 3.63) is 27.6 Å². The first-order valence-corrected chi connectivity index (χ1v) is 8.29. The van der Waals surface area contributed by atoms with Gasteiger partial charge in [-0.2, -0.15) is 4.31 Å². The zero-order valence-electron chi connectivity index (χ0n) is 11.2. The van der Waals surface area contributed by atoms with E-state index in [1.54, 1.807) is 0 Å². The van der Waals surface area contributed by atoms with Crippen LogP contribution >= 0.6 is 11.6 Å². The first-order chi connectivity index (χ1) is 9.80. The average Bonchev–Trinajstić information content (AvgIpc) is 2.41. The number of nitrogens with zero attached hydrogens (tertiary/aromatic N) is 1. The van der Waals surface area contributed by atoms with Crippen LogP contribution in [-0.2, 0) is 14.8 Å². The summed E-state index contributed by atoms with van der Waals surface area (Å²) in [5.41, 5.74) is 4.61. The number of aromatic amines is 1. The Kier molecular flexibility index (Phi) is 4.70. The Hall–Kier alpha value is -1.38. The quantitative estimate of drug-likeness (QED) is 0.825. The van der Waals surface area contributed by atoms with Gasteiger partial charge >= 0.3 is 0 Å². The van der Waals surface area contributed by atoms with E-state index in [4.69, 9.17) is 17.3 Å². The summed E-state index contributed by atoms with van der Waals surface area (Å²) in [4.78, 5) is 24.3. The highest BCUT2D eigenvalue weighted by molar-refractivity contribution is 7.89. The van der Waals surface area contributed by atoms with Crippen molar-refractivity contribution in [2.75, 3.05) is 13.1 Å². The number of rotatable bonds is 4. The topological polar surface area (TPSA) is 113 Å². The molecule has 7 nitrogen and oxygen atoms in total. The van der Waals surface area contributed by atoms with Gasteiger partial charge in [0.25, 0.3) is 5.56 Å². The fourth-order valence-electron chi connectivity index (χ4n) is 2.37. The number of H-pyrrole nitrogens is 1. The van der Waals surface area contributed by atoms with Gasteiger partial charge < -0.3 is 10.7 Å². The van der Waals surface area contributed by atoms with Gasteiger partial charge in [0, 0.05) is 25.7 Å². The SMILES string of the molecule is NC(=O)CC1CCN(S(=O)(=O)c2c[nH]c(=O)c(Cl)c2)CC1. The minimum atomic E-state index is -3.69. The Bertz CT molecular complexity index is 693. The van der Waals surface area contributed by atoms with Crippen molar-refractivity contribution in [2.24, 2.45) is 11.7 Å². The molecule has 116 valence electrons. The van der Waals surface area contributed by atoms with E-state index < -0.39 is 15.6 Å². The molecule has 2 rings (SSSR count). The number of piperidine rings is 1. The van der Waals surface area contributed by atoms with Gasteiger partial charge in [0.15, 0.2) is 0 Å². The van der Waals surface area contributed by atoms with Crippen LogP contribution in [0.15, 0.2) is 22.0 Å². The van der Waals surface area contributed by atoms with E-state index >= 15 is 0 Å². The molecule has 2 heterocycles. The number of halogens is 1. The minimum absolute atomic E-state index is 0.0412. The second kappa shape index (κ2) is 6.17. The number of aromatic nitrogens is 1. The predicted molar refractivity (Wildman–Crippen MR) is 77.4 cm³/mol. The summed E-state index contributed by atoms with van der Waals surface area (Å²) in [6, 6.07) is 1.14. The molecular formula is C12H16ClN3O4S. The van der Waals surface area contributed by atoms with Gasteiger partial charge in [-0.25, -0.2) is 8.42 Å². The molecule has 9 heteroatoms. The van der Waals surface area contributed by atoms with Crippen molar-refractivity contribution in [3.8, 4) is 0 Å². The van der Waals surface area contributed by atoms with Crippen LogP contribution in [0, 0.1) is 5.92 Å². The minimum Gasteiger partial charge on any atom is -0.370 e. The molecule has 0 saturated carbocycles. The highest BCUT2D eigenvalue weighted by Gasteiger charge is 2.30. The first kappa shape index (κ1) is 16.0. The molecule has 0 aliphatic carbocycles. The lowest BCUT2D eigenvalue weighted by Gasteiger charge is -2.30. The number of nitrogens with two attached hydrogens (primary N) is 1. The third kappa shape index (κ3) is 3.63. The van der Waals surface area contributed by atoms with Crippen LogP contribution in [0.4, 0.5) is 0 Å². The number of hydrogen-bond acceptors (Lipinski definition) is 4. The Labute approximate surface area is 127 Å². The van der Waals surface area contributed by atoms with Gasteiger partial charge in [0.05, 0.1) is 4.90 Å². The molecule has 0 spiro atoms. The number of amides is 1. The molecule has 0 atom stereocenters. The Morgan fingerprint density at radius 1 is 1.43 bits per heavy atom. The molecule has 1 aromatic rings. The largest absolute Gasteiger partial charge is 0.370 e. The van der Waals surface area contributed by atoms with Gasteiger partial charge in [-0.15, -0.1) is 0 Å². The first-order valence-electron chi connectivity index (χ1n) is 6.47. The van der Waals surface area contributed by atoms with Crippen LogP contribution in [0.1, 0.15) is 19.3 Å². The molecule has 0 unspecified atom stereocenters. The fourth-order valence-corrected chi connectivity index (χ4v) is 4.08. The van der Waals surface area contributed by atoms with E-state index in [1.165, 1.54) is 4.31 Å². The molecule has 21 heavy (non-hydrogen) atoms. The van der Waals surface area contributed by atoms with Crippen molar-refractivity contribution < 1.29 is 13.2 Å². The molecule has 0 aromatic carbocycles. The maximum atomic E-state index is 12.4. The van der Waals surface area contributed by atoms with Crippen molar-refractivity contribution in [2.45, 2.75) is 24.2 Å². The third-order valence-electron chi connectivity index (χ3n) is 3.53. The molecule has 1 fully saturated rings. The standard InChI is InChI=1S/C12H16ClN3O4S/c13-10-6-9(7-15-12(10)18)21(19,20)16-3-1-8(2-4-16)5-11(14)17/h6-8H,1-5H2,(H2,14,17)(H,15,18). The lowest BCUT2D eigenvalue weighted by molar-refractivity contribution is -0.119. The van der Waals surface area contributed by atoms with E-state index in [9.17, 15) is 18.0 Å². The van der Waals surface area contributed by atoms with Gasteiger partial charge in [-0.05, 0) is 24.8 Å². The monoisotopic (exact) mass is 333 g/mol. The molecule has 3 N–H and O–H groups in total. The van der Waals surface area contributed by atoms with Gasteiger partial charge in [0.2, 0.25) is 15.9 Å². The molecular weight excluding hydrogens is 318 g/mol. The lowest BCUT2D eigenvalue weighted by atomic mass is 9.94. The summed E-state index contributed by atoms with van der Waals surface area (Å²) < 4.78 is 26.2. The average molecular weight is 334 g/mol. The number of carbonyl (C=O) groups is 1. The summed E-state index contributed by atoms with van der Waals surface area (Å²) in [7, 11) is -3.69. The van der Waals surface area contributed by atoms with Crippen LogP contribution in [0.3, 0.4) is 0 Å². The third-order valence-corrected chi connectivity index (χ3v) is 5.69. The Morgan fingerprint density at radius 2 is 2.05 bits per heavy atom. The van der Waals surface area contributed by atoms with Crippen molar-refractivity contribution >= 4 is 27.5 Å². The molecule has 0 radical (unpaired) electrons. The smallest absolute Gasteiger partial charge is 0.266 e. The maximum Gasteiger partial charge on any atom is 0.266 e. The van der Waals surface area contributed by atoms with E-state index in [2.05, 4.69) is 4.98 Å². The van der Waals surface area contributed by atoms with Crippen molar-refractivity contribution in [3.63, 3.8) is 0 Å². The fraction of sp³-hybridized carbons (Fsp3) is 0.500. The van der Waals surface area contributed by atoms with E-state index in [-0.39, 0.29) is 28.2 Å². The van der Waals surface area contributed by atoms with Crippen LogP contribution in [0.5, 0.6) is 0 Å². The number of hydrogen-bond donors (Lipinski definition) is 2. The van der Waals surface area contributed by atoms with Gasteiger partial charge in [-0.3, -0.25) is 9.59 Å². The number of sulfonamides is 1. The molecule has 1 aliphatic rings. The predicted octanol–water partition coefficient (Wildman–Crippen LogP) is 0.304. The molecule has 1 aromatic heterocycles. The summed E-state index contributed by atoms with van der Waals surface area (Å²) in [5.74, 6) is -0.253. The normalized spacial score (nSPS) is 17.8. The second-order valence-corrected chi connectivity index (χ2v) is 7.38. The van der Waals surface area contributed by atoms with Crippen LogP contribution < -0.4 is 11.3 Å². The zero-order valence-corrected chi connectivity index (χ0v) is 12.8. The van der Waals surface area contributed by atoms with Crippen LogP contribution in [0.2, 0.25) is 5.02 Å². The molecule has 1 saturated heterocycles. The van der Waals surface area contributed by atoms with E-state index in [0.29, 0.717) is 25.9 Å². The van der Waals surface area contributed by atoms with E-state index in [0.717, 1.165) is 12.3 Å². The number of carbonyl (C=O) groups excluding carboxylic acids is 1. The highest BCUT2D eigenvalue weighted by atomic mass is 35.5. The molecule has 1 amide bonds. The van der Waals surface area contributed by atoms with Crippen molar-refractivity contribution in [1.29, 1.82) is 0 Å². The van der Waals surface area contributed by atoms with Crippen LogP contribution in [0.25, 0.3) is 0 Å². The lowest BCUT2D eigenvalue weighted by Crippen LogP contribution is -2.39. The summed E-state index contributed by atoms with van der Waals surface area (Å²) in [6.45, 7) is 0.633. The summed E-state index contributed by atoms with van der Waals surface area (Å²) >= 11 is 5.66. The molecule has 1 aliphatic heterocycles.